The SMILES string of the molecule is CNC1CCC(NC(=O)c2cc3c(s2)CCSC3)CC1. The zero-order chi connectivity index (χ0) is 13.9. The van der Waals surface area contributed by atoms with E-state index in [1.165, 1.54) is 29.0 Å². The predicted molar refractivity (Wildman–Crippen MR) is 86.8 cm³/mol. The zero-order valence-electron chi connectivity index (χ0n) is 11.9. The first kappa shape index (κ1) is 14.4. The van der Waals surface area contributed by atoms with Crippen molar-refractivity contribution in [1.82, 2.24) is 10.6 Å². The fourth-order valence-corrected chi connectivity index (χ4v) is 5.32. The number of thiophene rings is 1. The third-order valence-electron chi connectivity index (χ3n) is 4.32. The summed E-state index contributed by atoms with van der Waals surface area (Å²) in [6, 6.07) is 3.11. The minimum Gasteiger partial charge on any atom is -0.349 e. The first-order chi connectivity index (χ1) is 9.76. The molecule has 0 saturated heterocycles. The summed E-state index contributed by atoms with van der Waals surface area (Å²) in [6.45, 7) is 0. The topological polar surface area (TPSA) is 41.1 Å². The molecule has 0 atom stereocenters. The predicted octanol–water partition coefficient (Wildman–Crippen LogP) is 2.80. The highest BCUT2D eigenvalue weighted by atomic mass is 32.2. The highest BCUT2D eigenvalue weighted by molar-refractivity contribution is 7.98. The summed E-state index contributed by atoms with van der Waals surface area (Å²) in [5.74, 6) is 2.41. The van der Waals surface area contributed by atoms with Crippen molar-refractivity contribution < 1.29 is 4.79 Å². The molecule has 5 heteroatoms. The second kappa shape index (κ2) is 6.50. The minimum absolute atomic E-state index is 0.141. The van der Waals surface area contributed by atoms with E-state index in [9.17, 15) is 4.79 Å². The normalized spacial score (nSPS) is 26.1. The van der Waals surface area contributed by atoms with Crippen LogP contribution in [0, 0.1) is 0 Å². The molecule has 3 nitrogen and oxygen atoms in total. The van der Waals surface area contributed by atoms with Crippen molar-refractivity contribution in [1.29, 1.82) is 0 Å². The number of nitrogens with one attached hydrogen (secondary N) is 2. The number of rotatable bonds is 3. The molecule has 2 aliphatic rings. The number of hydrogen-bond donors (Lipinski definition) is 2. The fraction of sp³-hybridized carbons (Fsp3) is 0.667. The summed E-state index contributed by atoms with van der Waals surface area (Å²) >= 11 is 3.67. The van der Waals surface area contributed by atoms with Gasteiger partial charge < -0.3 is 10.6 Å². The van der Waals surface area contributed by atoms with Crippen molar-refractivity contribution in [3.8, 4) is 0 Å². The molecule has 3 rings (SSSR count). The lowest BCUT2D eigenvalue weighted by Gasteiger charge is -2.28. The third-order valence-corrected chi connectivity index (χ3v) is 6.57. The Balaban J connectivity index is 1.58. The van der Waals surface area contributed by atoms with Gasteiger partial charge >= 0.3 is 0 Å². The molecular weight excluding hydrogens is 288 g/mol. The van der Waals surface area contributed by atoms with Crippen LogP contribution < -0.4 is 10.6 Å². The number of aryl methyl sites for hydroxylation is 1. The molecule has 1 aromatic rings. The van der Waals surface area contributed by atoms with Gasteiger partial charge in [0.1, 0.15) is 0 Å². The molecule has 0 radical (unpaired) electrons. The highest BCUT2D eigenvalue weighted by Crippen LogP contribution is 2.31. The van der Waals surface area contributed by atoms with Crippen molar-refractivity contribution >= 4 is 29.0 Å². The van der Waals surface area contributed by atoms with Crippen LogP contribution in [0.4, 0.5) is 0 Å². The van der Waals surface area contributed by atoms with E-state index in [2.05, 4.69) is 16.7 Å². The van der Waals surface area contributed by atoms with Crippen LogP contribution in [0.1, 0.15) is 45.8 Å². The molecule has 0 bridgehead atoms. The van der Waals surface area contributed by atoms with Gasteiger partial charge in [-0.15, -0.1) is 11.3 Å². The Morgan fingerprint density at radius 2 is 2.00 bits per heavy atom. The molecule has 1 aliphatic carbocycles. The summed E-state index contributed by atoms with van der Waals surface area (Å²) < 4.78 is 0. The van der Waals surface area contributed by atoms with Gasteiger partial charge in [0.05, 0.1) is 4.88 Å². The van der Waals surface area contributed by atoms with Gasteiger partial charge in [0.15, 0.2) is 0 Å². The van der Waals surface area contributed by atoms with E-state index in [-0.39, 0.29) is 5.91 Å². The van der Waals surface area contributed by atoms with Crippen molar-refractivity contribution in [2.75, 3.05) is 12.8 Å². The summed E-state index contributed by atoms with van der Waals surface area (Å²) in [5, 5.41) is 6.56. The first-order valence-corrected chi connectivity index (χ1v) is 9.41. The number of thioether (sulfide) groups is 1. The van der Waals surface area contributed by atoms with Gasteiger partial charge in [-0.05, 0) is 56.5 Å². The number of hydrogen-bond acceptors (Lipinski definition) is 4. The van der Waals surface area contributed by atoms with Crippen LogP contribution in [0.25, 0.3) is 0 Å². The Morgan fingerprint density at radius 3 is 2.70 bits per heavy atom. The highest BCUT2D eigenvalue weighted by Gasteiger charge is 2.23. The lowest BCUT2D eigenvalue weighted by atomic mass is 9.91. The van der Waals surface area contributed by atoms with Crippen LogP contribution >= 0.6 is 23.1 Å². The summed E-state index contributed by atoms with van der Waals surface area (Å²) in [4.78, 5) is 14.7. The first-order valence-electron chi connectivity index (χ1n) is 7.43. The lowest BCUT2D eigenvalue weighted by molar-refractivity contribution is 0.0929. The zero-order valence-corrected chi connectivity index (χ0v) is 13.5. The van der Waals surface area contributed by atoms with Gasteiger partial charge in [0.2, 0.25) is 0 Å². The van der Waals surface area contributed by atoms with Gasteiger partial charge in [-0.3, -0.25) is 4.79 Å². The Bertz CT molecular complexity index is 455. The molecular formula is C15H22N2OS2. The largest absolute Gasteiger partial charge is 0.349 e. The second-order valence-corrected chi connectivity index (χ2v) is 7.91. The number of carbonyl (C=O) groups is 1. The van der Waals surface area contributed by atoms with E-state index in [0.29, 0.717) is 12.1 Å². The quantitative estimate of drug-likeness (QED) is 0.902. The summed E-state index contributed by atoms with van der Waals surface area (Å²) in [7, 11) is 2.03. The maximum absolute atomic E-state index is 12.4. The van der Waals surface area contributed by atoms with Crippen molar-refractivity contribution in [2.24, 2.45) is 0 Å². The van der Waals surface area contributed by atoms with Gasteiger partial charge in [-0.2, -0.15) is 11.8 Å². The average Bonchev–Trinajstić information content (AvgIpc) is 2.92. The van der Waals surface area contributed by atoms with Crippen molar-refractivity contribution in [3.63, 3.8) is 0 Å². The monoisotopic (exact) mass is 310 g/mol. The molecule has 1 saturated carbocycles. The molecule has 2 heterocycles. The van der Waals surface area contributed by atoms with Crippen LogP contribution in [-0.4, -0.2) is 30.8 Å². The molecule has 2 N–H and O–H groups in total. The van der Waals surface area contributed by atoms with E-state index in [4.69, 9.17) is 0 Å². The molecule has 110 valence electrons. The van der Waals surface area contributed by atoms with E-state index in [0.717, 1.165) is 29.9 Å². The smallest absolute Gasteiger partial charge is 0.261 e. The number of carbonyl (C=O) groups excluding carboxylic acids is 1. The minimum atomic E-state index is 0.141. The van der Waals surface area contributed by atoms with Crippen LogP contribution in [0.2, 0.25) is 0 Å². The Labute approximate surface area is 128 Å². The lowest BCUT2D eigenvalue weighted by Crippen LogP contribution is -2.41. The van der Waals surface area contributed by atoms with Crippen LogP contribution in [-0.2, 0) is 12.2 Å². The van der Waals surface area contributed by atoms with E-state index in [1.807, 2.05) is 18.8 Å². The van der Waals surface area contributed by atoms with Gasteiger partial charge in [0, 0.05) is 22.7 Å². The Morgan fingerprint density at radius 1 is 1.25 bits per heavy atom. The molecule has 1 aliphatic heterocycles. The summed E-state index contributed by atoms with van der Waals surface area (Å²) in [5.41, 5.74) is 1.38. The molecule has 0 aromatic carbocycles. The molecule has 0 spiro atoms. The summed E-state index contributed by atoms with van der Waals surface area (Å²) in [6.07, 6.45) is 5.65. The molecule has 1 fully saturated rings. The van der Waals surface area contributed by atoms with Gasteiger partial charge in [-0.1, -0.05) is 0 Å². The average molecular weight is 310 g/mol. The number of amides is 1. The standard InChI is InChI=1S/C15H22N2OS2/c1-16-11-2-4-12(5-3-11)17-15(18)14-8-10-9-19-7-6-13(10)20-14/h8,11-12,16H,2-7,9H2,1H3,(H,17,18). The third kappa shape index (κ3) is 3.21. The fourth-order valence-electron chi connectivity index (χ4n) is 3.04. The van der Waals surface area contributed by atoms with Gasteiger partial charge in [-0.25, -0.2) is 0 Å². The van der Waals surface area contributed by atoms with E-state index < -0.39 is 0 Å². The molecule has 1 aromatic heterocycles. The van der Waals surface area contributed by atoms with Crippen molar-refractivity contribution in [2.45, 2.75) is 49.9 Å². The Hall–Kier alpha value is -0.520. The molecule has 1 amide bonds. The van der Waals surface area contributed by atoms with Crippen molar-refractivity contribution in [3.05, 3.63) is 21.4 Å². The van der Waals surface area contributed by atoms with E-state index in [1.54, 1.807) is 11.3 Å². The molecule has 20 heavy (non-hydrogen) atoms. The van der Waals surface area contributed by atoms with Crippen LogP contribution in [0.15, 0.2) is 6.07 Å². The maximum Gasteiger partial charge on any atom is 0.261 e. The second-order valence-electron chi connectivity index (χ2n) is 5.67. The number of fused-ring (bicyclic) bond motifs is 1. The Kier molecular flexibility index (Phi) is 4.68. The van der Waals surface area contributed by atoms with Crippen LogP contribution in [0.5, 0.6) is 0 Å². The van der Waals surface area contributed by atoms with Crippen LogP contribution in [0.3, 0.4) is 0 Å². The maximum atomic E-state index is 12.4. The molecule has 0 unspecified atom stereocenters. The van der Waals surface area contributed by atoms with Gasteiger partial charge in [0.25, 0.3) is 5.91 Å². The van der Waals surface area contributed by atoms with E-state index >= 15 is 0 Å².